The van der Waals surface area contributed by atoms with Gasteiger partial charge in [0, 0.05) is 62.2 Å². The van der Waals surface area contributed by atoms with Crippen LogP contribution in [0.5, 0.6) is 0 Å². The molecule has 0 spiro atoms. The van der Waals surface area contributed by atoms with Gasteiger partial charge in [-0.3, -0.25) is 4.79 Å². The fourth-order valence-electron chi connectivity index (χ4n) is 4.88. The predicted molar refractivity (Wildman–Crippen MR) is 149 cm³/mol. The smallest absolute Gasteiger partial charge is 0.322 e. The normalized spacial score (nSPS) is 15.1. The van der Waals surface area contributed by atoms with Crippen LogP contribution in [0.3, 0.4) is 0 Å². The summed E-state index contributed by atoms with van der Waals surface area (Å²) < 4.78 is 7.30. The molecule has 1 fully saturated rings. The first-order valence-electron chi connectivity index (χ1n) is 12.9. The van der Waals surface area contributed by atoms with E-state index in [1.807, 2.05) is 60.1 Å². The summed E-state index contributed by atoms with van der Waals surface area (Å²) in [6, 6.07) is 11.4. The number of aromatic nitrogens is 3. The largest absolute Gasteiger partial charge is 0.378 e. The van der Waals surface area contributed by atoms with Crippen LogP contribution in [0.1, 0.15) is 15.9 Å². The first-order chi connectivity index (χ1) is 19.1. The van der Waals surface area contributed by atoms with Crippen molar-refractivity contribution in [2.45, 2.75) is 6.92 Å². The molecule has 1 aromatic carbocycles. The van der Waals surface area contributed by atoms with Gasteiger partial charge >= 0.3 is 6.03 Å². The fraction of sp³-hybridized carbons (Fsp3) is 0.241. The zero-order chi connectivity index (χ0) is 26.8. The number of hydrogen-bond donors (Lipinski definition) is 2. The van der Waals surface area contributed by atoms with Crippen LogP contribution < -0.4 is 10.6 Å². The number of pyridine rings is 2. The van der Waals surface area contributed by atoms with Gasteiger partial charge in [0.15, 0.2) is 5.65 Å². The van der Waals surface area contributed by atoms with E-state index in [0.29, 0.717) is 50.8 Å². The number of urea groups is 1. The Bertz CT molecular complexity index is 1550. The van der Waals surface area contributed by atoms with E-state index in [9.17, 15) is 9.59 Å². The molecule has 0 atom stereocenters. The minimum Gasteiger partial charge on any atom is -0.378 e. The Labute approximate surface area is 225 Å². The lowest BCUT2D eigenvalue weighted by molar-refractivity contribution is 0.0302. The van der Waals surface area contributed by atoms with E-state index in [-0.39, 0.29) is 11.9 Å². The second kappa shape index (κ2) is 10.6. The van der Waals surface area contributed by atoms with Gasteiger partial charge in [0.2, 0.25) is 0 Å². The molecule has 0 radical (unpaired) electrons. The van der Waals surface area contributed by atoms with Crippen molar-refractivity contribution in [1.29, 1.82) is 0 Å². The van der Waals surface area contributed by atoms with Gasteiger partial charge < -0.3 is 29.6 Å². The summed E-state index contributed by atoms with van der Waals surface area (Å²) in [7, 11) is 0. The summed E-state index contributed by atoms with van der Waals surface area (Å²) in [5, 5.41) is 6.42. The molecular weight excluding hydrogens is 494 g/mol. The molecule has 3 aromatic heterocycles. The van der Waals surface area contributed by atoms with Crippen LogP contribution in [0.15, 0.2) is 73.3 Å². The average Bonchev–Trinajstić information content (AvgIpc) is 3.68. The van der Waals surface area contributed by atoms with Crippen LogP contribution in [0, 0.1) is 6.92 Å². The number of ether oxygens (including phenoxy) is 1. The SMILES string of the molecule is Cc1c(NC(=O)N2CC=CC2)cccc1-c1cc(Nc2ccc(C(=O)N3CCOCC3)cn2)c2nccn2c1. The minimum absolute atomic E-state index is 0.0431. The van der Waals surface area contributed by atoms with Crippen LogP contribution in [0.2, 0.25) is 0 Å². The zero-order valence-electron chi connectivity index (χ0n) is 21.6. The number of rotatable bonds is 5. The molecule has 0 bridgehead atoms. The Hall–Kier alpha value is -4.70. The molecular formula is C29H29N7O3. The summed E-state index contributed by atoms with van der Waals surface area (Å²) in [6.07, 6.45) is 11.2. The van der Waals surface area contributed by atoms with E-state index >= 15 is 0 Å². The maximum Gasteiger partial charge on any atom is 0.322 e. The third kappa shape index (κ3) is 5.06. The standard InChI is InChI=1S/C29H29N7O3/c1-20-23(5-4-6-24(20)33-29(38)35-10-2-3-11-35)22-17-25(27-30-9-12-36(27)19-22)32-26-8-7-21(18-31-26)28(37)34-13-15-39-16-14-34/h2-9,12,17-19H,10-11,13-16H2,1H3,(H,31,32)(H,33,38). The summed E-state index contributed by atoms with van der Waals surface area (Å²) >= 11 is 0. The van der Waals surface area contributed by atoms with Crippen LogP contribution >= 0.6 is 0 Å². The van der Waals surface area contributed by atoms with Crippen molar-refractivity contribution in [3.05, 3.63) is 84.5 Å². The zero-order valence-corrected chi connectivity index (χ0v) is 21.6. The van der Waals surface area contributed by atoms with E-state index in [1.54, 1.807) is 34.3 Å². The predicted octanol–water partition coefficient (Wildman–Crippen LogP) is 4.32. The number of carbonyl (C=O) groups excluding carboxylic acids is 2. The molecule has 6 rings (SSSR count). The number of carbonyl (C=O) groups is 2. The number of amides is 3. The van der Waals surface area contributed by atoms with Crippen molar-refractivity contribution in [3.8, 4) is 11.1 Å². The third-order valence-corrected chi connectivity index (χ3v) is 7.05. The Morgan fingerprint density at radius 3 is 2.56 bits per heavy atom. The second-order valence-corrected chi connectivity index (χ2v) is 9.55. The van der Waals surface area contributed by atoms with Crippen molar-refractivity contribution < 1.29 is 14.3 Å². The topological polar surface area (TPSA) is 104 Å². The maximum atomic E-state index is 12.8. The second-order valence-electron chi connectivity index (χ2n) is 9.55. The average molecular weight is 524 g/mol. The molecule has 2 aliphatic heterocycles. The molecule has 0 saturated carbocycles. The van der Waals surface area contributed by atoms with Crippen LogP contribution in [0.25, 0.3) is 16.8 Å². The molecule has 2 N–H and O–H groups in total. The number of morpholine rings is 1. The Balaban J connectivity index is 1.26. The molecule has 5 heterocycles. The number of fused-ring (bicyclic) bond motifs is 1. The van der Waals surface area contributed by atoms with Crippen LogP contribution in [-0.2, 0) is 4.74 Å². The van der Waals surface area contributed by atoms with Gasteiger partial charge in [-0.05, 0) is 42.3 Å². The lowest BCUT2D eigenvalue weighted by Crippen LogP contribution is -2.40. The molecule has 4 aromatic rings. The molecule has 10 heteroatoms. The minimum atomic E-state index is -0.116. The number of imidazole rings is 1. The highest BCUT2D eigenvalue weighted by Crippen LogP contribution is 2.32. The molecule has 10 nitrogen and oxygen atoms in total. The van der Waals surface area contributed by atoms with E-state index in [4.69, 9.17) is 4.74 Å². The van der Waals surface area contributed by atoms with Crippen molar-refractivity contribution in [2.24, 2.45) is 0 Å². The molecule has 39 heavy (non-hydrogen) atoms. The highest BCUT2D eigenvalue weighted by Gasteiger charge is 2.19. The van der Waals surface area contributed by atoms with Crippen molar-refractivity contribution in [2.75, 3.05) is 50.0 Å². The van der Waals surface area contributed by atoms with Gasteiger partial charge in [-0.25, -0.2) is 14.8 Å². The van der Waals surface area contributed by atoms with E-state index in [1.165, 1.54) is 0 Å². The first-order valence-corrected chi connectivity index (χ1v) is 12.9. The lowest BCUT2D eigenvalue weighted by Gasteiger charge is -2.26. The van der Waals surface area contributed by atoms with Gasteiger partial charge in [-0.15, -0.1) is 0 Å². The molecule has 0 aliphatic carbocycles. The summed E-state index contributed by atoms with van der Waals surface area (Å²) in [5.41, 5.74) is 5.75. The molecule has 0 unspecified atom stereocenters. The van der Waals surface area contributed by atoms with Gasteiger partial charge in [-0.2, -0.15) is 0 Å². The van der Waals surface area contributed by atoms with Gasteiger partial charge in [-0.1, -0.05) is 24.3 Å². The number of nitrogens with one attached hydrogen (secondary N) is 2. The highest BCUT2D eigenvalue weighted by atomic mass is 16.5. The quantitative estimate of drug-likeness (QED) is 0.378. The van der Waals surface area contributed by atoms with Gasteiger partial charge in [0.05, 0.1) is 24.5 Å². The van der Waals surface area contributed by atoms with Gasteiger partial charge in [0.25, 0.3) is 5.91 Å². The van der Waals surface area contributed by atoms with Crippen LogP contribution in [0.4, 0.5) is 22.0 Å². The maximum absolute atomic E-state index is 12.8. The number of hydrogen-bond acceptors (Lipinski definition) is 6. The van der Waals surface area contributed by atoms with E-state index < -0.39 is 0 Å². The lowest BCUT2D eigenvalue weighted by atomic mass is 10.00. The number of nitrogens with zero attached hydrogens (tertiary/aromatic N) is 5. The summed E-state index contributed by atoms with van der Waals surface area (Å²) in [4.78, 5) is 38.0. The number of benzene rings is 1. The monoisotopic (exact) mass is 523 g/mol. The first kappa shape index (κ1) is 24.6. The summed E-state index contributed by atoms with van der Waals surface area (Å²) in [6.45, 7) is 5.53. The van der Waals surface area contributed by atoms with Crippen molar-refractivity contribution >= 4 is 34.8 Å². The van der Waals surface area contributed by atoms with E-state index in [2.05, 4.69) is 20.6 Å². The molecule has 3 amide bonds. The Kier molecular flexibility index (Phi) is 6.68. The van der Waals surface area contributed by atoms with Crippen LogP contribution in [-0.4, -0.2) is 75.5 Å². The Morgan fingerprint density at radius 2 is 1.79 bits per heavy atom. The molecule has 2 aliphatic rings. The van der Waals surface area contributed by atoms with Gasteiger partial charge in [0.1, 0.15) is 5.82 Å². The van der Waals surface area contributed by atoms with Crippen molar-refractivity contribution in [3.63, 3.8) is 0 Å². The number of anilines is 3. The summed E-state index contributed by atoms with van der Waals surface area (Å²) in [5.74, 6) is 0.561. The Morgan fingerprint density at radius 1 is 0.974 bits per heavy atom. The molecule has 1 saturated heterocycles. The van der Waals surface area contributed by atoms with Crippen molar-refractivity contribution in [1.82, 2.24) is 24.2 Å². The van der Waals surface area contributed by atoms with E-state index in [0.717, 1.165) is 33.7 Å². The molecule has 198 valence electrons. The fourth-order valence-corrected chi connectivity index (χ4v) is 4.88. The highest BCUT2D eigenvalue weighted by molar-refractivity contribution is 5.94. The third-order valence-electron chi connectivity index (χ3n) is 7.05.